The second kappa shape index (κ2) is 7.79. The molecular formula is C16H15Br2FO. The summed E-state index contributed by atoms with van der Waals surface area (Å²) < 4.78 is 19.7. The van der Waals surface area contributed by atoms with Gasteiger partial charge in [-0.2, -0.15) is 0 Å². The summed E-state index contributed by atoms with van der Waals surface area (Å²) in [6.45, 7) is 0.629. The topological polar surface area (TPSA) is 9.23 Å². The SMILES string of the molecule is Fc1ccc(C(CBr)CCOc2cccc(Br)c2)cc1. The Bertz CT molecular complexity index is 542. The Morgan fingerprint density at radius 2 is 1.85 bits per heavy atom. The standard InChI is InChI=1S/C16H15Br2FO/c17-11-13(12-4-6-15(19)7-5-12)8-9-20-16-3-1-2-14(18)10-16/h1-7,10,13H,8-9,11H2. The molecule has 0 aliphatic carbocycles. The number of hydrogen-bond donors (Lipinski definition) is 0. The maximum Gasteiger partial charge on any atom is 0.123 e. The van der Waals surface area contributed by atoms with E-state index in [2.05, 4.69) is 31.9 Å². The monoisotopic (exact) mass is 400 g/mol. The van der Waals surface area contributed by atoms with Crippen molar-refractivity contribution < 1.29 is 9.13 Å². The summed E-state index contributed by atoms with van der Waals surface area (Å²) in [5.41, 5.74) is 1.13. The number of alkyl halides is 1. The quantitative estimate of drug-likeness (QED) is 0.577. The first-order chi connectivity index (χ1) is 9.69. The minimum Gasteiger partial charge on any atom is -0.494 e. The summed E-state index contributed by atoms with van der Waals surface area (Å²) in [5.74, 6) is 0.974. The van der Waals surface area contributed by atoms with Gasteiger partial charge in [-0.15, -0.1) is 0 Å². The molecule has 0 radical (unpaired) electrons. The zero-order valence-electron chi connectivity index (χ0n) is 10.9. The highest BCUT2D eigenvalue weighted by Crippen LogP contribution is 2.23. The van der Waals surface area contributed by atoms with E-state index in [1.165, 1.54) is 12.1 Å². The first kappa shape index (κ1) is 15.5. The zero-order valence-corrected chi connectivity index (χ0v) is 14.0. The van der Waals surface area contributed by atoms with Gasteiger partial charge in [0.15, 0.2) is 0 Å². The van der Waals surface area contributed by atoms with Crippen molar-refractivity contribution in [2.45, 2.75) is 12.3 Å². The number of hydrogen-bond acceptors (Lipinski definition) is 1. The van der Waals surface area contributed by atoms with Gasteiger partial charge in [0.2, 0.25) is 0 Å². The molecule has 0 amide bonds. The maximum atomic E-state index is 12.9. The van der Waals surface area contributed by atoms with Gasteiger partial charge < -0.3 is 4.74 Å². The van der Waals surface area contributed by atoms with E-state index >= 15 is 0 Å². The van der Waals surface area contributed by atoms with Crippen LogP contribution in [0, 0.1) is 5.82 Å². The summed E-state index contributed by atoms with van der Waals surface area (Å²) in [4.78, 5) is 0. The molecule has 0 saturated heterocycles. The van der Waals surface area contributed by atoms with Crippen molar-refractivity contribution in [1.29, 1.82) is 0 Å². The summed E-state index contributed by atoms with van der Waals surface area (Å²) in [7, 11) is 0. The zero-order chi connectivity index (χ0) is 14.4. The number of ether oxygens (including phenoxy) is 1. The Kier molecular flexibility index (Phi) is 6.05. The molecular weight excluding hydrogens is 387 g/mol. The van der Waals surface area contributed by atoms with Crippen LogP contribution in [0.3, 0.4) is 0 Å². The van der Waals surface area contributed by atoms with Gasteiger partial charge >= 0.3 is 0 Å². The van der Waals surface area contributed by atoms with Crippen molar-refractivity contribution in [2.24, 2.45) is 0 Å². The highest BCUT2D eigenvalue weighted by atomic mass is 79.9. The number of rotatable bonds is 6. The van der Waals surface area contributed by atoms with Crippen molar-refractivity contribution in [3.05, 3.63) is 64.4 Å². The van der Waals surface area contributed by atoms with Gasteiger partial charge in [0.05, 0.1) is 6.61 Å². The predicted molar refractivity (Wildman–Crippen MR) is 87.2 cm³/mol. The first-order valence-electron chi connectivity index (χ1n) is 6.39. The van der Waals surface area contributed by atoms with Gasteiger partial charge in [0.1, 0.15) is 11.6 Å². The summed E-state index contributed by atoms with van der Waals surface area (Å²) >= 11 is 6.93. The van der Waals surface area contributed by atoms with E-state index in [-0.39, 0.29) is 5.82 Å². The molecule has 1 atom stereocenters. The lowest BCUT2D eigenvalue weighted by Gasteiger charge is -2.15. The van der Waals surface area contributed by atoms with Crippen molar-refractivity contribution in [1.82, 2.24) is 0 Å². The summed E-state index contributed by atoms with van der Waals surface area (Å²) in [6.07, 6.45) is 0.878. The highest BCUT2D eigenvalue weighted by molar-refractivity contribution is 9.10. The molecule has 0 aromatic heterocycles. The van der Waals surface area contributed by atoms with Gasteiger partial charge in [-0.3, -0.25) is 0 Å². The van der Waals surface area contributed by atoms with E-state index in [4.69, 9.17) is 4.74 Å². The molecule has 106 valence electrons. The van der Waals surface area contributed by atoms with E-state index in [0.29, 0.717) is 12.5 Å². The average molecular weight is 402 g/mol. The molecule has 2 rings (SSSR count). The first-order valence-corrected chi connectivity index (χ1v) is 8.30. The molecule has 4 heteroatoms. The largest absolute Gasteiger partial charge is 0.494 e. The van der Waals surface area contributed by atoms with Crippen LogP contribution in [0.25, 0.3) is 0 Å². The van der Waals surface area contributed by atoms with E-state index in [1.54, 1.807) is 0 Å². The van der Waals surface area contributed by atoms with Gasteiger partial charge in [-0.05, 0) is 48.2 Å². The Labute approximate surface area is 135 Å². The fraction of sp³-hybridized carbons (Fsp3) is 0.250. The Morgan fingerprint density at radius 3 is 2.50 bits per heavy atom. The summed E-state index contributed by atoms with van der Waals surface area (Å²) in [5, 5.41) is 0.834. The van der Waals surface area contributed by atoms with E-state index < -0.39 is 0 Å². The van der Waals surface area contributed by atoms with Crippen LogP contribution in [0.2, 0.25) is 0 Å². The van der Waals surface area contributed by atoms with Crippen LogP contribution >= 0.6 is 31.9 Å². The van der Waals surface area contributed by atoms with Crippen molar-refractivity contribution in [3.63, 3.8) is 0 Å². The van der Waals surface area contributed by atoms with E-state index in [0.717, 1.165) is 27.5 Å². The molecule has 0 bridgehead atoms. The van der Waals surface area contributed by atoms with Gasteiger partial charge in [-0.1, -0.05) is 50.1 Å². The van der Waals surface area contributed by atoms with Crippen LogP contribution in [-0.2, 0) is 0 Å². The van der Waals surface area contributed by atoms with Crippen LogP contribution in [0.4, 0.5) is 4.39 Å². The fourth-order valence-electron chi connectivity index (χ4n) is 1.94. The Morgan fingerprint density at radius 1 is 1.10 bits per heavy atom. The second-order valence-corrected chi connectivity index (χ2v) is 6.06. The molecule has 0 saturated carbocycles. The van der Waals surface area contributed by atoms with E-state index in [1.807, 2.05) is 36.4 Å². The third-order valence-corrected chi connectivity index (χ3v) is 4.33. The molecule has 0 heterocycles. The lowest BCUT2D eigenvalue weighted by molar-refractivity contribution is 0.301. The molecule has 2 aromatic rings. The smallest absolute Gasteiger partial charge is 0.123 e. The van der Waals surface area contributed by atoms with Crippen LogP contribution in [0.5, 0.6) is 5.75 Å². The Balaban J connectivity index is 1.89. The lowest BCUT2D eigenvalue weighted by atomic mass is 9.98. The van der Waals surface area contributed by atoms with Crippen molar-refractivity contribution >= 4 is 31.9 Å². The lowest BCUT2D eigenvalue weighted by Crippen LogP contribution is -2.07. The molecule has 0 aliphatic heterocycles. The predicted octanol–water partition coefficient (Wildman–Crippen LogP) is 5.54. The molecule has 1 unspecified atom stereocenters. The van der Waals surface area contributed by atoms with Crippen molar-refractivity contribution in [2.75, 3.05) is 11.9 Å². The second-order valence-electron chi connectivity index (χ2n) is 4.50. The number of halogens is 3. The summed E-state index contributed by atoms with van der Waals surface area (Å²) in [6, 6.07) is 14.5. The highest BCUT2D eigenvalue weighted by Gasteiger charge is 2.10. The molecule has 2 aromatic carbocycles. The van der Waals surface area contributed by atoms with Crippen LogP contribution in [0.15, 0.2) is 53.0 Å². The van der Waals surface area contributed by atoms with Crippen LogP contribution < -0.4 is 4.74 Å². The Hall–Kier alpha value is -0.870. The normalized spacial score (nSPS) is 12.2. The van der Waals surface area contributed by atoms with E-state index in [9.17, 15) is 4.39 Å². The van der Waals surface area contributed by atoms with Gasteiger partial charge in [0.25, 0.3) is 0 Å². The molecule has 0 spiro atoms. The third kappa shape index (κ3) is 4.60. The van der Waals surface area contributed by atoms with Crippen LogP contribution in [0.1, 0.15) is 17.9 Å². The maximum absolute atomic E-state index is 12.9. The van der Waals surface area contributed by atoms with Gasteiger partial charge in [-0.25, -0.2) is 4.39 Å². The van der Waals surface area contributed by atoms with Crippen LogP contribution in [-0.4, -0.2) is 11.9 Å². The molecule has 0 N–H and O–H groups in total. The van der Waals surface area contributed by atoms with Gasteiger partial charge in [0, 0.05) is 9.80 Å². The molecule has 0 aliphatic rings. The minimum atomic E-state index is -0.201. The molecule has 0 fully saturated rings. The third-order valence-electron chi connectivity index (χ3n) is 3.06. The molecule has 20 heavy (non-hydrogen) atoms. The fourth-order valence-corrected chi connectivity index (χ4v) is 3.02. The van der Waals surface area contributed by atoms with Crippen molar-refractivity contribution in [3.8, 4) is 5.75 Å². The average Bonchev–Trinajstić information content (AvgIpc) is 2.45. The minimum absolute atomic E-state index is 0.201. The number of benzene rings is 2. The molecule has 1 nitrogen and oxygen atoms in total.